The maximum atomic E-state index is 11.9. The van der Waals surface area contributed by atoms with Crippen molar-refractivity contribution in [3.05, 3.63) is 63.0 Å². The van der Waals surface area contributed by atoms with E-state index in [2.05, 4.69) is 4.90 Å². The second-order valence-electron chi connectivity index (χ2n) is 8.22. The van der Waals surface area contributed by atoms with Crippen molar-refractivity contribution >= 4 is 11.0 Å². The summed E-state index contributed by atoms with van der Waals surface area (Å²) in [6.45, 7) is 5.88. The lowest BCUT2D eigenvalue weighted by molar-refractivity contribution is 0.0637. The van der Waals surface area contributed by atoms with Crippen LogP contribution in [0.2, 0.25) is 0 Å². The van der Waals surface area contributed by atoms with Gasteiger partial charge in [-0.15, -0.1) is 0 Å². The summed E-state index contributed by atoms with van der Waals surface area (Å²) in [7, 11) is 3.27. The van der Waals surface area contributed by atoms with Gasteiger partial charge in [-0.05, 0) is 61.2 Å². The van der Waals surface area contributed by atoms with Gasteiger partial charge < -0.3 is 23.7 Å². The van der Waals surface area contributed by atoms with Crippen LogP contribution in [0.5, 0.6) is 17.2 Å². The second-order valence-corrected chi connectivity index (χ2v) is 8.22. The number of aliphatic hydroxyl groups is 1. The van der Waals surface area contributed by atoms with Gasteiger partial charge in [-0.2, -0.15) is 0 Å². The molecule has 7 heteroatoms. The lowest BCUT2D eigenvalue weighted by atomic mass is 9.98. The molecule has 2 heterocycles. The van der Waals surface area contributed by atoms with Gasteiger partial charge in [-0.25, -0.2) is 4.79 Å². The summed E-state index contributed by atoms with van der Waals surface area (Å²) in [6, 6.07) is 9.46. The second kappa shape index (κ2) is 9.22. The van der Waals surface area contributed by atoms with Crippen LogP contribution in [0.1, 0.15) is 22.3 Å². The fourth-order valence-corrected chi connectivity index (χ4v) is 4.16. The molecule has 1 aliphatic rings. The van der Waals surface area contributed by atoms with E-state index in [1.807, 2.05) is 31.2 Å². The van der Waals surface area contributed by atoms with Crippen molar-refractivity contribution in [1.29, 1.82) is 0 Å². The van der Waals surface area contributed by atoms with Gasteiger partial charge >= 0.3 is 5.63 Å². The first-order chi connectivity index (χ1) is 15.4. The number of hydrogen-bond donors (Lipinski definition) is 1. The summed E-state index contributed by atoms with van der Waals surface area (Å²) in [4.78, 5) is 14.2. The zero-order chi connectivity index (χ0) is 22.8. The molecule has 0 radical (unpaired) electrons. The number of aryl methyl sites for hydroxylation is 1. The van der Waals surface area contributed by atoms with Gasteiger partial charge in [0.15, 0.2) is 11.5 Å². The quantitative estimate of drug-likeness (QED) is 0.566. The topological polar surface area (TPSA) is 81.4 Å². The van der Waals surface area contributed by atoms with Crippen LogP contribution in [-0.4, -0.2) is 50.0 Å². The van der Waals surface area contributed by atoms with Crippen molar-refractivity contribution in [1.82, 2.24) is 4.90 Å². The number of methoxy groups -OCH3 is 2. The molecule has 0 amide bonds. The minimum absolute atomic E-state index is 0.149. The first-order valence-electron chi connectivity index (χ1n) is 10.7. The molecule has 170 valence electrons. The van der Waals surface area contributed by atoms with E-state index >= 15 is 0 Å². The Hall–Kier alpha value is -3.03. The number of aliphatic hydroxyl groups excluding tert-OH is 1. The van der Waals surface area contributed by atoms with Crippen molar-refractivity contribution < 1.29 is 23.7 Å². The highest BCUT2D eigenvalue weighted by Gasteiger charge is 2.21. The van der Waals surface area contributed by atoms with Crippen LogP contribution in [-0.2, 0) is 13.0 Å². The van der Waals surface area contributed by atoms with Gasteiger partial charge in [0, 0.05) is 36.7 Å². The Morgan fingerprint density at radius 2 is 1.78 bits per heavy atom. The Labute approximate surface area is 187 Å². The maximum Gasteiger partial charge on any atom is 0.339 e. The first kappa shape index (κ1) is 22.2. The van der Waals surface area contributed by atoms with Crippen molar-refractivity contribution in [2.24, 2.45) is 0 Å². The fraction of sp³-hybridized carbons (Fsp3) is 0.400. The van der Waals surface area contributed by atoms with Crippen LogP contribution in [0.3, 0.4) is 0 Å². The number of fused-ring (bicyclic) bond motifs is 2. The Balaban J connectivity index is 1.38. The smallest absolute Gasteiger partial charge is 0.339 e. The van der Waals surface area contributed by atoms with Crippen molar-refractivity contribution in [3.8, 4) is 17.2 Å². The minimum atomic E-state index is -0.654. The molecule has 1 N–H and O–H groups in total. The van der Waals surface area contributed by atoms with Crippen molar-refractivity contribution in [3.63, 3.8) is 0 Å². The number of nitrogens with zero attached hydrogens (tertiary/aromatic N) is 1. The lowest BCUT2D eigenvalue weighted by Gasteiger charge is -2.31. The van der Waals surface area contributed by atoms with E-state index in [1.54, 1.807) is 27.2 Å². The molecule has 0 fully saturated rings. The predicted molar refractivity (Wildman–Crippen MR) is 122 cm³/mol. The highest BCUT2D eigenvalue weighted by atomic mass is 16.5. The molecule has 2 aromatic carbocycles. The Morgan fingerprint density at radius 3 is 2.50 bits per heavy atom. The Morgan fingerprint density at radius 1 is 1.06 bits per heavy atom. The summed E-state index contributed by atoms with van der Waals surface area (Å²) in [5, 5.41) is 11.4. The number of hydrogen-bond acceptors (Lipinski definition) is 7. The van der Waals surface area contributed by atoms with Crippen LogP contribution < -0.4 is 19.8 Å². The SMILES string of the molecule is COc1cc2c(cc1OC)CN(C[C@@H](O)COc1ccc3c(C)c(C)c(=O)oc3c1)CC2. The van der Waals surface area contributed by atoms with Gasteiger partial charge in [0.05, 0.1) is 14.2 Å². The first-order valence-corrected chi connectivity index (χ1v) is 10.7. The maximum absolute atomic E-state index is 11.9. The number of benzene rings is 2. The third-order valence-electron chi connectivity index (χ3n) is 6.14. The largest absolute Gasteiger partial charge is 0.493 e. The summed E-state index contributed by atoms with van der Waals surface area (Å²) in [5.74, 6) is 2.01. The molecule has 7 nitrogen and oxygen atoms in total. The molecular formula is C25H29NO6. The molecule has 0 saturated carbocycles. The molecule has 32 heavy (non-hydrogen) atoms. The third kappa shape index (κ3) is 4.45. The van der Waals surface area contributed by atoms with E-state index in [4.69, 9.17) is 18.6 Å². The van der Waals surface area contributed by atoms with Gasteiger partial charge in [-0.1, -0.05) is 0 Å². The summed E-state index contributed by atoms with van der Waals surface area (Å²) in [6.07, 6.45) is 0.227. The molecule has 1 atom stereocenters. The zero-order valence-electron chi connectivity index (χ0n) is 18.9. The molecule has 4 rings (SSSR count). The van der Waals surface area contributed by atoms with E-state index in [0.29, 0.717) is 29.2 Å². The van der Waals surface area contributed by atoms with Gasteiger partial charge in [0.1, 0.15) is 24.0 Å². The third-order valence-corrected chi connectivity index (χ3v) is 6.14. The predicted octanol–water partition coefficient (Wildman–Crippen LogP) is 3.23. The number of β-amino-alcohol motifs (C(OH)–C–C–N with tert-alkyl or cyclic N) is 1. The molecule has 3 aromatic rings. The Bertz CT molecular complexity index is 1190. The number of ether oxygens (including phenoxy) is 3. The van der Waals surface area contributed by atoms with E-state index in [0.717, 1.165) is 36.2 Å². The Kier molecular flexibility index (Phi) is 6.39. The highest BCUT2D eigenvalue weighted by Crippen LogP contribution is 2.33. The summed E-state index contributed by atoms with van der Waals surface area (Å²) < 4.78 is 22.0. The van der Waals surface area contributed by atoms with E-state index in [9.17, 15) is 9.90 Å². The normalized spacial score (nSPS) is 14.8. The lowest BCUT2D eigenvalue weighted by Crippen LogP contribution is -2.38. The van der Waals surface area contributed by atoms with Crippen LogP contribution in [0.15, 0.2) is 39.5 Å². The number of rotatable bonds is 7. The zero-order valence-corrected chi connectivity index (χ0v) is 18.9. The van der Waals surface area contributed by atoms with Crippen LogP contribution in [0.4, 0.5) is 0 Å². The van der Waals surface area contributed by atoms with E-state index in [-0.39, 0.29) is 12.2 Å². The van der Waals surface area contributed by atoms with Gasteiger partial charge in [0.25, 0.3) is 0 Å². The molecule has 0 saturated heterocycles. The van der Waals surface area contributed by atoms with E-state index < -0.39 is 6.10 Å². The molecule has 0 aliphatic carbocycles. The standard InChI is InChI=1S/C25H29NO6/c1-15-16(2)25(28)32-22-11-20(5-6-21(15)22)31-14-19(27)13-26-8-7-17-9-23(29-3)24(30-4)10-18(17)12-26/h5-6,9-11,19,27H,7-8,12-14H2,1-4H3/t19-/m1/s1. The summed E-state index contributed by atoms with van der Waals surface area (Å²) >= 11 is 0. The van der Waals surface area contributed by atoms with Gasteiger partial charge in [-0.3, -0.25) is 4.90 Å². The molecular weight excluding hydrogens is 410 g/mol. The highest BCUT2D eigenvalue weighted by molar-refractivity contribution is 5.82. The van der Waals surface area contributed by atoms with Crippen LogP contribution in [0, 0.1) is 13.8 Å². The van der Waals surface area contributed by atoms with Gasteiger partial charge in [0.2, 0.25) is 0 Å². The molecule has 0 bridgehead atoms. The van der Waals surface area contributed by atoms with Crippen LogP contribution in [0.25, 0.3) is 11.0 Å². The van der Waals surface area contributed by atoms with E-state index in [1.165, 1.54) is 11.1 Å². The average Bonchev–Trinajstić information content (AvgIpc) is 2.80. The molecule has 0 spiro atoms. The average molecular weight is 440 g/mol. The fourth-order valence-electron chi connectivity index (χ4n) is 4.16. The molecule has 1 aromatic heterocycles. The van der Waals surface area contributed by atoms with Crippen molar-refractivity contribution in [2.45, 2.75) is 32.9 Å². The van der Waals surface area contributed by atoms with Crippen molar-refractivity contribution in [2.75, 3.05) is 33.9 Å². The summed E-state index contributed by atoms with van der Waals surface area (Å²) in [5.41, 5.74) is 4.09. The molecule has 0 unspecified atom stereocenters. The minimum Gasteiger partial charge on any atom is -0.493 e. The molecule has 1 aliphatic heterocycles. The van der Waals surface area contributed by atoms with Crippen LogP contribution >= 0.6 is 0 Å². The monoisotopic (exact) mass is 439 g/mol.